The predicted molar refractivity (Wildman–Crippen MR) is 87.9 cm³/mol. The van der Waals surface area contributed by atoms with Crippen LogP contribution in [0.5, 0.6) is 0 Å². The van der Waals surface area contributed by atoms with Gasteiger partial charge in [-0.05, 0) is 57.7 Å². The van der Waals surface area contributed by atoms with Crippen molar-refractivity contribution in [2.45, 2.75) is 51.7 Å². The van der Waals surface area contributed by atoms with Crippen molar-refractivity contribution >= 4 is 28.0 Å². The van der Waals surface area contributed by atoms with Crippen molar-refractivity contribution in [3.8, 4) is 0 Å². The lowest BCUT2D eigenvalue weighted by Gasteiger charge is -2.22. The van der Waals surface area contributed by atoms with Crippen molar-refractivity contribution < 1.29 is 19.4 Å². The average Bonchev–Trinajstić information content (AvgIpc) is 2.37. The largest absolute Gasteiger partial charge is 0.480 e. The Morgan fingerprint density at radius 2 is 1.86 bits per heavy atom. The van der Waals surface area contributed by atoms with E-state index < -0.39 is 23.7 Å². The van der Waals surface area contributed by atoms with Crippen LogP contribution in [0.25, 0.3) is 0 Å². The molecule has 1 amide bonds. The molecule has 1 aromatic rings. The highest BCUT2D eigenvalue weighted by molar-refractivity contribution is 9.10. The lowest BCUT2D eigenvalue weighted by Crippen LogP contribution is -2.43. The van der Waals surface area contributed by atoms with E-state index in [2.05, 4.69) is 21.2 Å². The molecule has 2 N–H and O–H groups in total. The minimum absolute atomic E-state index is 0.352. The highest BCUT2D eigenvalue weighted by atomic mass is 79.9. The van der Waals surface area contributed by atoms with E-state index >= 15 is 0 Å². The zero-order chi connectivity index (χ0) is 16.8. The number of benzene rings is 1. The molecular weight excluding hydrogens is 350 g/mol. The Labute approximate surface area is 139 Å². The maximum absolute atomic E-state index is 11.6. The Morgan fingerprint density at radius 3 is 2.36 bits per heavy atom. The first-order valence-corrected chi connectivity index (χ1v) is 7.93. The van der Waals surface area contributed by atoms with Gasteiger partial charge in [0.15, 0.2) is 0 Å². The second-order valence-corrected chi connectivity index (χ2v) is 6.97. The molecule has 22 heavy (non-hydrogen) atoms. The van der Waals surface area contributed by atoms with Crippen LogP contribution < -0.4 is 5.32 Å². The number of carbonyl (C=O) groups is 2. The second-order valence-electron chi connectivity index (χ2n) is 6.06. The van der Waals surface area contributed by atoms with Gasteiger partial charge in [0.25, 0.3) is 0 Å². The zero-order valence-electron chi connectivity index (χ0n) is 13.1. The van der Waals surface area contributed by atoms with E-state index in [4.69, 9.17) is 4.74 Å². The summed E-state index contributed by atoms with van der Waals surface area (Å²) in [6.07, 6.45) is 1.06. The topological polar surface area (TPSA) is 75.6 Å². The summed E-state index contributed by atoms with van der Waals surface area (Å²) in [6, 6.07) is 6.93. The van der Waals surface area contributed by atoms with E-state index in [1.807, 2.05) is 24.3 Å². The first-order valence-electron chi connectivity index (χ1n) is 7.14. The monoisotopic (exact) mass is 371 g/mol. The summed E-state index contributed by atoms with van der Waals surface area (Å²) in [5, 5.41) is 11.6. The van der Waals surface area contributed by atoms with E-state index in [0.29, 0.717) is 12.8 Å². The lowest BCUT2D eigenvalue weighted by atomic mass is 10.0. The molecule has 0 radical (unpaired) electrons. The normalized spacial score (nSPS) is 12.5. The van der Waals surface area contributed by atoms with Gasteiger partial charge in [0.05, 0.1) is 0 Å². The third kappa shape index (κ3) is 7.45. The summed E-state index contributed by atoms with van der Waals surface area (Å²) in [4.78, 5) is 22.9. The molecule has 1 rings (SSSR count). The van der Waals surface area contributed by atoms with Crippen LogP contribution in [0.3, 0.4) is 0 Å². The number of hydrogen-bond acceptors (Lipinski definition) is 3. The van der Waals surface area contributed by atoms with Crippen molar-refractivity contribution in [3.63, 3.8) is 0 Å². The number of carboxylic acid groups (broad SMARTS) is 1. The number of ether oxygens (including phenoxy) is 1. The Bertz CT molecular complexity index is 508. The molecule has 0 heterocycles. The molecule has 0 unspecified atom stereocenters. The minimum atomic E-state index is -1.05. The Morgan fingerprint density at radius 1 is 1.27 bits per heavy atom. The summed E-state index contributed by atoms with van der Waals surface area (Å²) in [6.45, 7) is 5.20. The molecule has 0 aliphatic heterocycles. The lowest BCUT2D eigenvalue weighted by molar-refractivity contribution is -0.139. The van der Waals surface area contributed by atoms with E-state index in [9.17, 15) is 14.7 Å². The van der Waals surface area contributed by atoms with E-state index in [-0.39, 0.29) is 0 Å². The molecule has 1 atom stereocenters. The Balaban J connectivity index is 2.46. The highest BCUT2D eigenvalue weighted by Gasteiger charge is 2.23. The maximum atomic E-state index is 11.6. The van der Waals surface area contributed by atoms with Crippen LogP contribution in [0, 0.1) is 0 Å². The van der Waals surface area contributed by atoms with Gasteiger partial charge in [-0.1, -0.05) is 28.1 Å². The van der Waals surface area contributed by atoms with Gasteiger partial charge in [0, 0.05) is 4.47 Å². The molecule has 0 aliphatic carbocycles. The summed E-state index contributed by atoms with van der Waals surface area (Å²) in [5.74, 6) is -1.05. The van der Waals surface area contributed by atoms with E-state index in [0.717, 1.165) is 16.5 Å². The summed E-state index contributed by atoms with van der Waals surface area (Å²) < 4.78 is 6.08. The molecule has 6 heteroatoms. The number of aryl methyl sites for hydroxylation is 1. The standard InChI is InChI=1S/C16H22BrNO4/c1-16(2,3)22-15(21)18-13(14(19)20)6-4-5-11-7-9-12(17)10-8-11/h7-10,13H,4-6H2,1-3H3,(H,18,21)(H,19,20)/t13-/m0/s1. The van der Waals surface area contributed by atoms with E-state index in [1.54, 1.807) is 20.8 Å². The van der Waals surface area contributed by atoms with Crippen LogP contribution in [0.15, 0.2) is 28.7 Å². The molecular formula is C16H22BrNO4. The van der Waals surface area contributed by atoms with Gasteiger partial charge in [-0.3, -0.25) is 0 Å². The third-order valence-corrected chi connectivity index (χ3v) is 3.39. The zero-order valence-corrected chi connectivity index (χ0v) is 14.6. The Kier molecular flexibility index (Phi) is 6.87. The van der Waals surface area contributed by atoms with Crippen LogP contribution in [0.1, 0.15) is 39.2 Å². The molecule has 0 aliphatic rings. The number of nitrogens with one attached hydrogen (secondary N) is 1. The van der Waals surface area contributed by atoms with Gasteiger partial charge in [-0.2, -0.15) is 0 Å². The van der Waals surface area contributed by atoms with Crippen molar-refractivity contribution in [2.24, 2.45) is 0 Å². The number of alkyl carbamates (subject to hydrolysis) is 1. The predicted octanol–water partition coefficient (Wildman–Crippen LogP) is 3.75. The fourth-order valence-electron chi connectivity index (χ4n) is 1.87. The Hall–Kier alpha value is -1.56. The quantitative estimate of drug-likeness (QED) is 0.798. The molecule has 0 saturated heterocycles. The number of halogens is 1. The minimum Gasteiger partial charge on any atom is -0.480 e. The van der Waals surface area contributed by atoms with Gasteiger partial charge in [-0.15, -0.1) is 0 Å². The second kappa shape index (κ2) is 8.17. The van der Waals surface area contributed by atoms with Gasteiger partial charge >= 0.3 is 12.1 Å². The first-order chi connectivity index (χ1) is 10.2. The first kappa shape index (κ1) is 18.5. The van der Waals surface area contributed by atoms with Crippen molar-refractivity contribution in [1.29, 1.82) is 0 Å². The molecule has 0 aromatic heterocycles. The van der Waals surface area contributed by atoms with Crippen LogP contribution >= 0.6 is 15.9 Å². The molecule has 0 bridgehead atoms. The summed E-state index contributed by atoms with van der Waals surface area (Å²) in [5.41, 5.74) is 0.481. The van der Waals surface area contributed by atoms with Crippen LogP contribution in [0.2, 0.25) is 0 Å². The van der Waals surface area contributed by atoms with Crippen molar-refractivity contribution in [1.82, 2.24) is 5.32 Å². The third-order valence-electron chi connectivity index (χ3n) is 2.86. The van der Waals surface area contributed by atoms with Crippen LogP contribution in [0.4, 0.5) is 4.79 Å². The molecule has 0 saturated carbocycles. The molecule has 1 aromatic carbocycles. The number of aliphatic carboxylic acids is 1. The summed E-state index contributed by atoms with van der Waals surface area (Å²) >= 11 is 3.37. The number of carbonyl (C=O) groups excluding carboxylic acids is 1. The molecule has 0 spiro atoms. The van der Waals surface area contributed by atoms with Gasteiger partial charge in [0.1, 0.15) is 11.6 Å². The van der Waals surface area contributed by atoms with Crippen molar-refractivity contribution in [3.05, 3.63) is 34.3 Å². The van der Waals surface area contributed by atoms with Crippen molar-refractivity contribution in [2.75, 3.05) is 0 Å². The molecule has 0 fully saturated rings. The SMILES string of the molecule is CC(C)(C)OC(=O)N[C@@H](CCCc1ccc(Br)cc1)C(=O)O. The fraction of sp³-hybridized carbons (Fsp3) is 0.500. The maximum Gasteiger partial charge on any atom is 0.408 e. The summed E-state index contributed by atoms with van der Waals surface area (Å²) in [7, 11) is 0. The van der Waals surface area contributed by atoms with E-state index in [1.165, 1.54) is 0 Å². The van der Waals surface area contributed by atoms with Crippen LogP contribution in [-0.2, 0) is 16.0 Å². The number of amides is 1. The van der Waals surface area contributed by atoms with Gasteiger partial charge < -0.3 is 15.2 Å². The van der Waals surface area contributed by atoms with Gasteiger partial charge in [-0.25, -0.2) is 9.59 Å². The average molecular weight is 372 g/mol. The smallest absolute Gasteiger partial charge is 0.408 e. The number of rotatable bonds is 6. The highest BCUT2D eigenvalue weighted by Crippen LogP contribution is 2.13. The van der Waals surface area contributed by atoms with Gasteiger partial charge in [0.2, 0.25) is 0 Å². The number of hydrogen-bond donors (Lipinski definition) is 2. The number of carboxylic acids is 1. The molecule has 122 valence electrons. The molecule has 5 nitrogen and oxygen atoms in total. The van der Waals surface area contributed by atoms with Crippen LogP contribution in [-0.4, -0.2) is 28.8 Å². The fourth-order valence-corrected chi connectivity index (χ4v) is 2.13.